The number of nitriles is 2. The summed E-state index contributed by atoms with van der Waals surface area (Å²) in [6, 6.07) is 9.68. The first-order valence-electron chi connectivity index (χ1n) is 5.93. The first-order valence-corrected chi connectivity index (χ1v) is 5.93. The molecule has 1 aromatic carbocycles. The van der Waals surface area contributed by atoms with Crippen molar-refractivity contribution in [3.63, 3.8) is 0 Å². The number of hydrogen-bond donors (Lipinski definition) is 1. The molecule has 5 nitrogen and oxygen atoms in total. The highest BCUT2D eigenvalue weighted by Crippen LogP contribution is 2.29. The molecule has 8 heteroatoms. The number of benzene rings is 1. The Balaban J connectivity index is 2.16. The van der Waals surface area contributed by atoms with Gasteiger partial charge in [-0.3, -0.25) is 0 Å². The van der Waals surface area contributed by atoms with Gasteiger partial charge >= 0.3 is 6.18 Å². The Labute approximate surface area is 123 Å². The molecule has 1 aromatic heterocycles. The van der Waals surface area contributed by atoms with Gasteiger partial charge in [-0.15, -0.1) is 0 Å². The molecule has 0 spiro atoms. The highest BCUT2D eigenvalue weighted by Gasteiger charge is 2.32. The zero-order valence-corrected chi connectivity index (χ0v) is 11.0. The SMILES string of the molecule is N#CC(C#N)=CNc1ccc(-n2cc(C(F)(F)F)cn2)cc1. The summed E-state index contributed by atoms with van der Waals surface area (Å²) in [6.45, 7) is 0. The molecule has 22 heavy (non-hydrogen) atoms. The minimum absolute atomic E-state index is 0.0917. The van der Waals surface area contributed by atoms with E-state index < -0.39 is 11.7 Å². The number of aromatic nitrogens is 2. The highest BCUT2D eigenvalue weighted by atomic mass is 19.4. The third-order valence-electron chi connectivity index (χ3n) is 2.67. The van der Waals surface area contributed by atoms with E-state index in [-0.39, 0.29) is 5.57 Å². The van der Waals surface area contributed by atoms with Crippen molar-refractivity contribution in [2.24, 2.45) is 0 Å². The Hall–Kier alpha value is -3.26. The molecule has 0 saturated heterocycles. The Bertz CT molecular complexity index is 757. The fraction of sp³-hybridized carbons (Fsp3) is 0.0714. The molecule has 0 amide bonds. The molecule has 1 N–H and O–H groups in total. The summed E-state index contributed by atoms with van der Waals surface area (Å²) in [5.41, 5.74) is 0.108. The van der Waals surface area contributed by atoms with Crippen molar-refractivity contribution in [1.82, 2.24) is 9.78 Å². The van der Waals surface area contributed by atoms with Crippen molar-refractivity contribution in [2.45, 2.75) is 6.18 Å². The van der Waals surface area contributed by atoms with Crippen LogP contribution in [-0.2, 0) is 6.18 Å². The zero-order valence-electron chi connectivity index (χ0n) is 11.0. The predicted molar refractivity (Wildman–Crippen MR) is 71.5 cm³/mol. The van der Waals surface area contributed by atoms with Gasteiger partial charge in [0.1, 0.15) is 17.7 Å². The molecular formula is C14H8F3N5. The molecule has 0 aliphatic carbocycles. The van der Waals surface area contributed by atoms with Crippen LogP contribution >= 0.6 is 0 Å². The Kier molecular flexibility index (Phi) is 4.14. The van der Waals surface area contributed by atoms with Gasteiger partial charge in [0.15, 0.2) is 0 Å². The standard InChI is InChI=1S/C14H8F3N5/c15-14(16,17)11-8-21-22(9-11)13-3-1-12(2-4-13)20-7-10(5-18)6-19/h1-4,7-9,20H. The van der Waals surface area contributed by atoms with E-state index >= 15 is 0 Å². The van der Waals surface area contributed by atoms with Crippen LogP contribution < -0.4 is 5.32 Å². The van der Waals surface area contributed by atoms with Crippen molar-refractivity contribution in [2.75, 3.05) is 5.32 Å². The van der Waals surface area contributed by atoms with E-state index in [1.807, 2.05) is 0 Å². The van der Waals surface area contributed by atoms with Crippen molar-refractivity contribution < 1.29 is 13.2 Å². The number of anilines is 1. The van der Waals surface area contributed by atoms with Gasteiger partial charge in [0.05, 0.1) is 17.4 Å². The number of alkyl halides is 3. The molecule has 0 unspecified atom stereocenters. The van der Waals surface area contributed by atoms with Gasteiger partial charge in [0.25, 0.3) is 0 Å². The zero-order chi connectivity index (χ0) is 16.2. The maximum atomic E-state index is 12.5. The third-order valence-corrected chi connectivity index (χ3v) is 2.67. The first-order chi connectivity index (χ1) is 10.4. The second-order valence-electron chi connectivity index (χ2n) is 4.14. The topological polar surface area (TPSA) is 77.4 Å². The smallest absolute Gasteiger partial charge is 0.360 e. The van der Waals surface area contributed by atoms with Gasteiger partial charge < -0.3 is 5.32 Å². The third kappa shape index (κ3) is 3.44. The minimum atomic E-state index is -4.43. The van der Waals surface area contributed by atoms with E-state index in [0.29, 0.717) is 11.4 Å². The molecule has 0 bridgehead atoms. The summed E-state index contributed by atoms with van der Waals surface area (Å²) in [5, 5.41) is 23.6. The number of halogens is 3. The van der Waals surface area contributed by atoms with E-state index in [1.165, 1.54) is 6.20 Å². The average molecular weight is 303 g/mol. The molecule has 2 aromatic rings. The molecule has 0 saturated carbocycles. The lowest BCUT2D eigenvalue weighted by Crippen LogP contribution is -2.03. The lowest BCUT2D eigenvalue weighted by atomic mass is 10.2. The van der Waals surface area contributed by atoms with Gasteiger partial charge in [-0.25, -0.2) is 4.68 Å². The molecule has 2 rings (SSSR count). The van der Waals surface area contributed by atoms with E-state index in [4.69, 9.17) is 10.5 Å². The largest absolute Gasteiger partial charge is 0.419 e. The van der Waals surface area contributed by atoms with E-state index in [1.54, 1.807) is 36.4 Å². The molecule has 0 aliphatic rings. The molecular weight excluding hydrogens is 295 g/mol. The van der Waals surface area contributed by atoms with Crippen LogP contribution in [0.4, 0.5) is 18.9 Å². The van der Waals surface area contributed by atoms with Crippen LogP contribution in [-0.4, -0.2) is 9.78 Å². The number of nitrogens with zero attached hydrogens (tertiary/aromatic N) is 4. The van der Waals surface area contributed by atoms with Crippen molar-refractivity contribution in [1.29, 1.82) is 10.5 Å². The quantitative estimate of drug-likeness (QED) is 0.883. The fourth-order valence-electron chi connectivity index (χ4n) is 1.57. The maximum Gasteiger partial charge on any atom is 0.419 e. The van der Waals surface area contributed by atoms with E-state index in [2.05, 4.69) is 10.4 Å². The summed E-state index contributed by atoms with van der Waals surface area (Å²) in [6.07, 6.45) is -1.55. The number of rotatable bonds is 3. The first kappa shape index (κ1) is 15.1. The van der Waals surface area contributed by atoms with Crippen LogP contribution in [0.15, 0.2) is 48.4 Å². The van der Waals surface area contributed by atoms with Crippen LogP contribution in [0.5, 0.6) is 0 Å². The van der Waals surface area contributed by atoms with Crippen LogP contribution in [0.25, 0.3) is 5.69 Å². The Morgan fingerprint density at radius 1 is 1.18 bits per heavy atom. The Morgan fingerprint density at radius 2 is 1.82 bits per heavy atom. The monoisotopic (exact) mass is 303 g/mol. The second-order valence-corrected chi connectivity index (χ2v) is 4.14. The maximum absolute atomic E-state index is 12.5. The van der Waals surface area contributed by atoms with Gasteiger partial charge in [-0.2, -0.15) is 28.8 Å². The molecule has 1 heterocycles. The molecule has 0 atom stereocenters. The molecule has 0 radical (unpaired) electrons. The van der Waals surface area contributed by atoms with Crippen LogP contribution in [0.3, 0.4) is 0 Å². The Morgan fingerprint density at radius 3 is 2.32 bits per heavy atom. The number of allylic oxidation sites excluding steroid dienone is 1. The number of hydrogen-bond acceptors (Lipinski definition) is 4. The van der Waals surface area contributed by atoms with Gasteiger partial charge in [-0.1, -0.05) is 0 Å². The molecule has 110 valence electrons. The summed E-state index contributed by atoms with van der Waals surface area (Å²) < 4.78 is 38.6. The summed E-state index contributed by atoms with van der Waals surface area (Å²) >= 11 is 0. The van der Waals surface area contributed by atoms with Gasteiger partial charge in [0.2, 0.25) is 0 Å². The van der Waals surface area contributed by atoms with Crippen LogP contribution in [0.2, 0.25) is 0 Å². The van der Waals surface area contributed by atoms with Crippen molar-refractivity contribution >= 4 is 5.69 Å². The molecule has 0 aliphatic heterocycles. The second kappa shape index (κ2) is 6.02. The number of nitrogens with one attached hydrogen (secondary N) is 1. The van der Waals surface area contributed by atoms with E-state index in [9.17, 15) is 13.2 Å². The van der Waals surface area contributed by atoms with Gasteiger partial charge in [0, 0.05) is 18.1 Å². The predicted octanol–water partition coefficient (Wildman–Crippen LogP) is 3.23. The average Bonchev–Trinajstić information content (AvgIpc) is 2.99. The lowest BCUT2D eigenvalue weighted by Gasteiger charge is -2.04. The lowest BCUT2D eigenvalue weighted by molar-refractivity contribution is -0.137. The normalized spacial score (nSPS) is 10.4. The van der Waals surface area contributed by atoms with Gasteiger partial charge in [-0.05, 0) is 24.3 Å². The summed E-state index contributed by atoms with van der Waals surface area (Å²) in [7, 11) is 0. The highest BCUT2D eigenvalue weighted by molar-refractivity contribution is 5.52. The summed E-state index contributed by atoms with van der Waals surface area (Å²) in [5.74, 6) is 0. The van der Waals surface area contributed by atoms with Crippen molar-refractivity contribution in [3.8, 4) is 17.8 Å². The van der Waals surface area contributed by atoms with Crippen LogP contribution in [0, 0.1) is 22.7 Å². The fourth-order valence-corrected chi connectivity index (χ4v) is 1.57. The van der Waals surface area contributed by atoms with Crippen LogP contribution in [0.1, 0.15) is 5.56 Å². The molecule has 0 fully saturated rings. The van der Waals surface area contributed by atoms with Crippen molar-refractivity contribution in [3.05, 3.63) is 54.0 Å². The summed E-state index contributed by atoms with van der Waals surface area (Å²) in [4.78, 5) is 0. The van der Waals surface area contributed by atoms with E-state index in [0.717, 1.165) is 17.1 Å². The minimum Gasteiger partial charge on any atom is -0.360 e.